The van der Waals surface area contributed by atoms with Gasteiger partial charge in [-0.3, -0.25) is 14.4 Å². The molecule has 0 radical (unpaired) electrons. The molecule has 1 aliphatic rings. The first-order valence-corrected chi connectivity index (χ1v) is 7.81. The third-order valence-electron chi connectivity index (χ3n) is 4.39. The van der Waals surface area contributed by atoms with Gasteiger partial charge in [0.1, 0.15) is 12.5 Å². The van der Waals surface area contributed by atoms with Gasteiger partial charge in [-0.15, -0.1) is 0 Å². The van der Waals surface area contributed by atoms with Crippen molar-refractivity contribution in [3.8, 4) is 0 Å². The van der Waals surface area contributed by atoms with Crippen LogP contribution in [-0.4, -0.2) is 55.0 Å². The minimum Gasteiger partial charge on any atom is -0.481 e. The minimum absolute atomic E-state index is 0.00843. The Morgan fingerprint density at radius 2 is 1.83 bits per heavy atom. The van der Waals surface area contributed by atoms with Gasteiger partial charge in [-0.2, -0.15) is 4.91 Å². The Bertz CT molecular complexity index is 458. The molecule has 23 heavy (non-hydrogen) atoms. The number of carbonyl (C=O) groups excluding carboxylic acids is 2. The van der Waals surface area contributed by atoms with Crippen LogP contribution in [-0.2, 0) is 14.4 Å². The van der Waals surface area contributed by atoms with Crippen LogP contribution < -0.4 is 5.32 Å². The molecule has 130 valence electrons. The highest BCUT2D eigenvalue weighted by Crippen LogP contribution is 2.38. The minimum atomic E-state index is -1.16. The number of carboxylic acid groups (broad SMARTS) is 1. The number of carboxylic acids is 1. The van der Waals surface area contributed by atoms with Crippen molar-refractivity contribution in [2.24, 2.45) is 16.5 Å². The molecule has 0 bridgehead atoms. The zero-order valence-electron chi connectivity index (χ0n) is 13.7. The third kappa shape index (κ3) is 5.61. The lowest BCUT2D eigenvalue weighted by atomic mass is 9.71. The van der Waals surface area contributed by atoms with Crippen molar-refractivity contribution in [1.82, 2.24) is 10.2 Å². The van der Waals surface area contributed by atoms with E-state index in [0.717, 1.165) is 32.1 Å². The van der Waals surface area contributed by atoms with Gasteiger partial charge in [-0.25, -0.2) is 0 Å². The average Bonchev–Trinajstić information content (AvgIpc) is 2.50. The second kappa shape index (κ2) is 8.59. The Kier molecular flexibility index (Phi) is 7.12. The van der Waals surface area contributed by atoms with Crippen molar-refractivity contribution in [2.45, 2.75) is 38.5 Å². The maximum absolute atomic E-state index is 12.2. The largest absolute Gasteiger partial charge is 0.481 e. The molecule has 0 spiro atoms. The summed E-state index contributed by atoms with van der Waals surface area (Å²) in [6.07, 6.45) is 4.38. The molecule has 0 aromatic carbocycles. The highest BCUT2D eigenvalue weighted by molar-refractivity contribution is 6.00. The van der Waals surface area contributed by atoms with Crippen molar-refractivity contribution in [3.63, 3.8) is 0 Å². The molecular formula is C15H25N3O5. The number of hydrogen-bond donors (Lipinski definition) is 2. The maximum Gasteiger partial charge on any atom is 0.303 e. The van der Waals surface area contributed by atoms with Crippen molar-refractivity contribution in [1.29, 1.82) is 0 Å². The second-order valence-electron chi connectivity index (χ2n) is 6.45. The van der Waals surface area contributed by atoms with Crippen LogP contribution in [0, 0.1) is 16.2 Å². The molecular weight excluding hydrogens is 302 g/mol. The summed E-state index contributed by atoms with van der Waals surface area (Å²) < 4.78 is 0. The van der Waals surface area contributed by atoms with Crippen LogP contribution in [0.1, 0.15) is 38.5 Å². The predicted octanol–water partition coefficient (Wildman–Crippen LogP) is 0.999. The summed E-state index contributed by atoms with van der Waals surface area (Å²) in [5.41, 5.74) is -0.472. The number of nitrogens with zero attached hydrogens (tertiary/aromatic N) is 2. The lowest BCUT2D eigenvalue weighted by Gasteiger charge is -2.36. The summed E-state index contributed by atoms with van der Waals surface area (Å²) in [4.78, 5) is 47.0. The van der Waals surface area contributed by atoms with Crippen LogP contribution >= 0.6 is 0 Å². The standard InChI is InChI=1S/C15H25N3O5/c1-18(2)14(22)11(9-17-23)13(21)16-10-15(8-12(19)20)6-4-3-5-7-15/h11H,3-10H2,1-2H3,(H,16,21)(H,19,20). The molecule has 0 heterocycles. The Morgan fingerprint density at radius 3 is 2.30 bits per heavy atom. The fourth-order valence-electron chi connectivity index (χ4n) is 3.10. The first-order chi connectivity index (χ1) is 10.8. The Balaban J connectivity index is 2.74. The van der Waals surface area contributed by atoms with Gasteiger partial charge in [0.05, 0.1) is 6.42 Å². The fraction of sp³-hybridized carbons (Fsp3) is 0.800. The van der Waals surface area contributed by atoms with Gasteiger partial charge < -0.3 is 15.3 Å². The van der Waals surface area contributed by atoms with E-state index in [1.165, 1.54) is 19.0 Å². The van der Waals surface area contributed by atoms with E-state index < -0.39 is 35.7 Å². The van der Waals surface area contributed by atoms with Crippen molar-refractivity contribution < 1.29 is 19.5 Å². The Hall–Kier alpha value is -1.99. The number of aliphatic carboxylic acids is 1. The van der Waals surface area contributed by atoms with Crippen LogP contribution in [0.2, 0.25) is 0 Å². The number of nitroso groups, excluding NO2 is 1. The predicted molar refractivity (Wildman–Crippen MR) is 83.6 cm³/mol. The third-order valence-corrected chi connectivity index (χ3v) is 4.39. The van der Waals surface area contributed by atoms with E-state index in [1.807, 2.05) is 0 Å². The second-order valence-corrected chi connectivity index (χ2v) is 6.45. The van der Waals surface area contributed by atoms with Gasteiger partial charge in [0, 0.05) is 20.6 Å². The first-order valence-electron chi connectivity index (χ1n) is 7.81. The van der Waals surface area contributed by atoms with Gasteiger partial charge in [0.15, 0.2) is 0 Å². The van der Waals surface area contributed by atoms with Crippen LogP contribution in [0.25, 0.3) is 0 Å². The normalized spacial score (nSPS) is 17.8. The lowest BCUT2D eigenvalue weighted by molar-refractivity contribution is -0.143. The summed E-state index contributed by atoms with van der Waals surface area (Å²) in [5.74, 6) is -3.11. The SMILES string of the molecule is CN(C)C(=O)C(CN=O)C(=O)NCC1(CC(=O)O)CCCCC1. The molecule has 1 fully saturated rings. The van der Waals surface area contributed by atoms with Crippen LogP contribution in [0.4, 0.5) is 0 Å². The lowest BCUT2D eigenvalue weighted by Crippen LogP contribution is -2.46. The van der Waals surface area contributed by atoms with Gasteiger partial charge >= 0.3 is 5.97 Å². The van der Waals surface area contributed by atoms with E-state index in [1.54, 1.807) is 0 Å². The van der Waals surface area contributed by atoms with E-state index in [4.69, 9.17) is 5.11 Å². The number of amides is 2. The van der Waals surface area contributed by atoms with Crippen molar-refractivity contribution >= 4 is 17.8 Å². The molecule has 1 saturated carbocycles. The molecule has 1 aliphatic carbocycles. The highest BCUT2D eigenvalue weighted by atomic mass is 16.4. The summed E-state index contributed by atoms with van der Waals surface area (Å²) in [7, 11) is 3.00. The molecule has 0 aromatic rings. The molecule has 2 N–H and O–H groups in total. The first kappa shape index (κ1) is 19.1. The van der Waals surface area contributed by atoms with Gasteiger partial charge in [0.2, 0.25) is 11.8 Å². The number of rotatable bonds is 8. The summed E-state index contributed by atoms with van der Waals surface area (Å²) >= 11 is 0. The Labute approximate surface area is 135 Å². The van der Waals surface area contributed by atoms with E-state index in [-0.39, 0.29) is 13.0 Å². The fourth-order valence-corrected chi connectivity index (χ4v) is 3.10. The molecule has 8 nitrogen and oxygen atoms in total. The van der Waals surface area contributed by atoms with Gasteiger partial charge in [0.25, 0.3) is 0 Å². The summed E-state index contributed by atoms with van der Waals surface area (Å²) in [6.45, 7) is -0.219. The zero-order valence-corrected chi connectivity index (χ0v) is 13.7. The molecule has 0 aliphatic heterocycles. The van der Waals surface area contributed by atoms with Crippen LogP contribution in [0.15, 0.2) is 5.18 Å². The molecule has 1 unspecified atom stereocenters. The van der Waals surface area contributed by atoms with Gasteiger partial charge in [-0.05, 0) is 18.3 Å². The van der Waals surface area contributed by atoms with E-state index in [2.05, 4.69) is 10.5 Å². The zero-order chi connectivity index (χ0) is 17.5. The quantitative estimate of drug-likeness (QED) is 0.509. The number of hydrogen-bond acceptors (Lipinski definition) is 5. The molecule has 0 aromatic heterocycles. The molecule has 8 heteroatoms. The van der Waals surface area contributed by atoms with E-state index >= 15 is 0 Å². The highest BCUT2D eigenvalue weighted by Gasteiger charge is 2.36. The topological polar surface area (TPSA) is 116 Å². The van der Waals surface area contributed by atoms with E-state index in [0.29, 0.717) is 0 Å². The van der Waals surface area contributed by atoms with Crippen molar-refractivity contribution in [3.05, 3.63) is 4.91 Å². The Morgan fingerprint density at radius 1 is 1.22 bits per heavy atom. The monoisotopic (exact) mass is 327 g/mol. The average molecular weight is 327 g/mol. The maximum atomic E-state index is 12.2. The molecule has 2 amide bonds. The summed E-state index contributed by atoms with van der Waals surface area (Å²) in [5, 5.41) is 14.5. The molecule has 1 atom stereocenters. The molecule has 1 rings (SSSR count). The van der Waals surface area contributed by atoms with Crippen molar-refractivity contribution in [2.75, 3.05) is 27.2 Å². The van der Waals surface area contributed by atoms with Crippen LogP contribution in [0.3, 0.4) is 0 Å². The number of nitrogens with one attached hydrogen (secondary N) is 1. The van der Waals surface area contributed by atoms with Gasteiger partial charge in [-0.1, -0.05) is 24.4 Å². The van der Waals surface area contributed by atoms with Crippen LogP contribution in [0.5, 0.6) is 0 Å². The number of carbonyl (C=O) groups is 3. The smallest absolute Gasteiger partial charge is 0.303 e. The summed E-state index contributed by atoms with van der Waals surface area (Å²) in [6, 6.07) is 0. The van der Waals surface area contributed by atoms with E-state index in [9.17, 15) is 19.3 Å². The molecule has 0 saturated heterocycles.